The van der Waals surface area contributed by atoms with Gasteiger partial charge in [0.25, 0.3) is 0 Å². The molecule has 1 heterocycles. The SMILES string of the molecule is N#C/C(=C/c1ccc(C#N)cc1)c1nc2ccc(F)cc2[nH]1. The Hall–Kier alpha value is -3.44. The Morgan fingerprint density at radius 2 is 1.91 bits per heavy atom. The molecule has 4 nitrogen and oxygen atoms in total. The number of benzene rings is 2. The first-order valence-electron chi connectivity index (χ1n) is 6.47. The molecule has 0 radical (unpaired) electrons. The van der Waals surface area contributed by atoms with Crippen LogP contribution in [0.3, 0.4) is 0 Å². The Balaban J connectivity index is 2.03. The predicted molar refractivity (Wildman–Crippen MR) is 80.7 cm³/mol. The van der Waals surface area contributed by atoms with Crippen molar-refractivity contribution in [2.45, 2.75) is 0 Å². The number of nitrogens with zero attached hydrogens (tertiary/aromatic N) is 3. The number of fused-ring (bicyclic) bond motifs is 1. The smallest absolute Gasteiger partial charge is 0.149 e. The fourth-order valence-electron chi connectivity index (χ4n) is 2.08. The van der Waals surface area contributed by atoms with Gasteiger partial charge in [-0.05, 0) is 42.0 Å². The van der Waals surface area contributed by atoms with Crippen LogP contribution in [0.2, 0.25) is 0 Å². The number of hydrogen-bond donors (Lipinski definition) is 1. The summed E-state index contributed by atoms with van der Waals surface area (Å²) < 4.78 is 13.2. The van der Waals surface area contributed by atoms with E-state index in [0.29, 0.717) is 28.0 Å². The molecule has 0 saturated heterocycles. The number of halogens is 1. The van der Waals surface area contributed by atoms with E-state index in [1.807, 2.05) is 6.07 Å². The van der Waals surface area contributed by atoms with Crippen molar-refractivity contribution >= 4 is 22.7 Å². The van der Waals surface area contributed by atoms with E-state index < -0.39 is 0 Å². The van der Waals surface area contributed by atoms with Gasteiger partial charge in [-0.15, -0.1) is 0 Å². The summed E-state index contributed by atoms with van der Waals surface area (Å²) in [6.07, 6.45) is 1.66. The summed E-state index contributed by atoms with van der Waals surface area (Å²) in [5, 5.41) is 18.1. The molecule has 3 aromatic rings. The van der Waals surface area contributed by atoms with E-state index in [4.69, 9.17) is 5.26 Å². The molecule has 0 aliphatic carbocycles. The molecule has 0 spiro atoms. The van der Waals surface area contributed by atoms with Crippen molar-refractivity contribution in [3.8, 4) is 12.1 Å². The summed E-state index contributed by atoms with van der Waals surface area (Å²) in [6, 6.07) is 15.2. The first-order valence-corrected chi connectivity index (χ1v) is 6.47. The first kappa shape index (κ1) is 13.5. The van der Waals surface area contributed by atoms with Gasteiger partial charge in [0.1, 0.15) is 17.7 Å². The lowest BCUT2D eigenvalue weighted by atomic mass is 10.1. The molecule has 1 N–H and O–H groups in total. The minimum atomic E-state index is -0.364. The van der Waals surface area contributed by atoms with Crippen LogP contribution in [-0.2, 0) is 0 Å². The monoisotopic (exact) mass is 288 g/mol. The molecule has 1 aromatic heterocycles. The van der Waals surface area contributed by atoms with Gasteiger partial charge in [0.2, 0.25) is 0 Å². The fourth-order valence-corrected chi connectivity index (χ4v) is 2.08. The number of rotatable bonds is 2. The largest absolute Gasteiger partial charge is 0.337 e. The molecule has 0 aliphatic rings. The Kier molecular flexibility index (Phi) is 3.39. The van der Waals surface area contributed by atoms with E-state index in [-0.39, 0.29) is 5.82 Å². The number of H-pyrrole nitrogens is 1. The lowest BCUT2D eigenvalue weighted by Gasteiger charge is -1.96. The second kappa shape index (κ2) is 5.51. The highest BCUT2D eigenvalue weighted by molar-refractivity contribution is 5.90. The van der Waals surface area contributed by atoms with Crippen molar-refractivity contribution in [1.29, 1.82) is 10.5 Å². The van der Waals surface area contributed by atoms with Crippen molar-refractivity contribution in [2.75, 3.05) is 0 Å². The van der Waals surface area contributed by atoms with Gasteiger partial charge in [0, 0.05) is 0 Å². The van der Waals surface area contributed by atoms with Crippen LogP contribution in [0.25, 0.3) is 22.7 Å². The van der Waals surface area contributed by atoms with Gasteiger partial charge in [0.05, 0.1) is 28.2 Å². The molecule has 0 amide bonds. The van der Waals surface area contributed by atoms with Crippen molar-refractivity contribution < 1.29 is 4.39 Å². The number of imidazole rings is 1. The third-order valence-electron chi connectivity index (χ3n) is 3.17. The summed E-state index contributed by atoms with van der Waals surface area (Å²) in [5.41, 5.74) is 2.80. The zero-order valence-corrected chi connectivity index (χ0v) is 11.3. The van der Waals surface area contributed by atoms with Gasteiger partial charge < -0.3 is 4.98 Å². The summed E-state index contributed by atoms with van der Waals surface area (Å²) in [5.74, 6) is 0.0183. The van der Waals surface area contributed by atoms with Crippen LogP contribution in [0, 0.1) is 28.5 Å². The maximum Gasteiger partial charge on any atom is 0.149 e. The molecule has 104 valence electrons. The maximum absolute atomic E-state index is 13.2. The number of allylic oxidation sites excluding steroid dienone is 1. The maximum atomic E-state index is 13.2. The highest BCUT2D eigenvalue weighted by atomic mass is 19.1. The van der Waals surface area contributed by atoms with Gasteiger partial charge >= 0.3 is 0 Å². The molecule has 3 rings (SSSR count). The summed E-state index contributed by atoms with van der Waals surface area (Å²) >= 11 is 0. The van der Waals surface area contributed by atoms with Gasteiger partial charge in [0.15, 0.2) is 0 Å². The molecule has 0 fully saturated rings. The molecular formula is C17H9FN4. The van der Waals surface area contributed by atoms with Crippen LogP contribution in [0.4, 0.5) is 4.39 Å². The fraction of sp³-hybridized carbons (Fsp3) is 0. The third-order valence-corrected chi connectivity index (χ3v) is 3.17. The average Bonchev–Trinajstić information content (AvgIpc) is 2.96. The van der Waals surface area contributed by atoms with Crippen molar-refractivity contribution in [3.63, 3.8) is 0 Å². The van der Waals surface area contributed by atoms with Crippen LogP contribution in [0.1, 0.15) is 17.0 Å². The van der Waals surface area contributed by atoms with Crippen LogP contribution in [0.5, 0.6) is 0 Å². The Labute approximate surface area is 125 Å². The molecule has 0 atom stereocenters. The minimum absolute atomic E-state index is 0.335. The van der Waals surface area contributed by atoms with Crippen molar-refractivity contribution in [2.24, 2.45) is 0 Å². The van der Waals surface area contributed by atoms with E-state index in [1.165, 1.54) is 12.1 Å². The number of aromatic amines is 1. The van der Waals surface area contributed by atoms with E-state index in [0.717, 1.165) is 5.56 Å². The predicted octanol–water partition coefficient (Wildman–Crippen LogP) is 3.64. The first-order chi connectivity index (χ1) is 10.7. The average molecular weight is 288 g/mol. The minimum Gasteiger partial charge on any atom is -0.337 e. The zero-order valence-electron chi connectivity index (χ0n) is 11.3. The molecule has 0 bridgehead atoms. The molecule has 0 saturated carbocycles. The normalized spacial score (nSPS) is 11.1. The quantitative estimate of drug-likeness (QED) is 0.731. The van der Waals surface area contributed by atoms with E-state index in [9.17, 15) is 9.65 Å². The molecule has 2 aromatic carbocycles. The molecule has 5 heteroatoms. The Morgan fingerprint density at radius 1 is 1.14 bits per heavy atom. The van der Waals surface area contributed by atoms with Crippen molar-refractivity contribution in [3.05, 3.63) is 65.2 Å². The van der Waals surface area contributed by atoms with Crippen LogP contribution >= 0.6 is 0 Å². The van der Waals surface area contributed by atoms with Crippen LogP contribution < -0.4 is 0 Å². The molecule has 22 heavy (non-hydrogen) atoms. The number of nitriles is 2. The molecule has 0 unspecified atom stereocenters. The van der Waals surface area contributed by atoms with Crippen LogP contribution in [-0.4, -0.2) is 9.97 Å². The molecule has 0 aliphatic heterocycles. The lowest BCUT2D eigenvalue weighted by Crippen LogP contribution is -1.85. The highest BCUT2D eigenvalue weighted by Gasteiger charge is 2.08. The number of nitrogens with one attached hydrogen (secondary N) is 1. The second-order valence-electron chi connectivity index (χ2n) is 4.65. The van der Waals surface area contributed by atoms with Gasteiger partial charge in [-0.3, -0.25) is 0 Å². The Morgan fingerprint density at radius 3 is 2.59 bits per heavy atom. The topological polar surface area (TPSA) is 76.3 Å². The number of hydrogen-bond acceptors (Lipinski definition) is 3. The number of aromatic nitrogens is 2. The lowest BCUT2D eigenvalue weighted by molar-refractivity contribution is 0.629. The van der Waals surface area contributed by atoms with Gasteiger partial charge in [-0.25, -0.2) is 9.37 Å². The summed E-state index contributed by atoms with van der Waals surface area (Å²) in [6.45, 7) is 0. The van der Waals surface area contributed by atoms with E-state index in [2.05, 4.69) is 16.0 Å². The van der Waals surface area contributed by atoms with E-state index in [1.54, 1.807) is 36.4 Å². The third kappa shape index (κ3) is 2.56. The summed E-state index contributed by atoms with van der Waals surface area (Å²) in [7, 11) is 0. The highest BCUT2D eigenvalue weighted by Crippen LogP contribution is 2.20. The second-order valence-corrected chi connectivity index (χ2v) is 4.65. The Bertz CT molecular complexity index is 953. The van der Waals surface area contributed by atoms with Gasteiger partial charge in [-0.1, -0.05) is 12.1 Å². The van der Waals surface area contributed by atoms with Gasteiger partial charge in [-0.2, -0.15) is 10.5 Å². The van der Waals surface area contributed by atoms with E-state index >= 15 is 0 Å². The molecular weight excluding hydrogens is 279 g/mol. The zero-order chi connectivity index (χ0) is 15.5. The standard InChI is InChI=1S/C17H9FN4/c18-14-5-6-15-16(8-14)22-17(21-15)13(10-20)7-11-1-3-12(9-19)4-2-11/h1-8H,(H,21,22)/b13-7-. The van der Waals surface area contributed by atoms with Crippen LogP contribution in [0.15, 0.2) is 42.5 Å². The van der Waals surface area contributed by atoms with Crippen molar-refractivity contribution in [1.82, 2.24) is 9.97 Å². The summed E-state index contributed by atoms with van der Waals surface area (Å²) in [4.78, 5) is 7.23.